The lowest BCUT2D eigenvalue weighted by Crippen LogP contribution is -2.46. The average Bonchev–Trinajstić information content (AvgIpc) is 2.88. The normalized spacial score (nSPS) is 16.5. The van der Waals surface area contributed by atoms with Gasteiger partial charge in [-0.1, -0.05) is 18.2 Å². The second-order valence-electron chi connectivity index (χ2n) is 5.56. The summed E-state index contributed by atoms with van der Waals surface area (Å²) < 4.78 is 29.0. The highest BCUT2D eigenvalue weighted by Gasteiger charge is 2.32. The quantitative estimate of drug-likeness (QED) is 0.888. The number of aromatic nitrogens is 1. The number of carbonyl (C=O) groups is 1. The van der Waals surface area contributed by atoms with Crippen molar-refractivity contribution in [3.8, 4) is 0 Å². The minimum absolute atomic E-state index is 0. The fourth-order valence-corrected chi connectivity index (χ4v) is 3.15. The molecule has 0 saturated carbocycles. The van der Waals surface area contributed by atoms with Gasteiger partial charge in [-0.15, -0.1) is 24.8 Å². The van der Waals surface area contributed by atoms with E-state index in [2.05, 4.69) is 5.32 Å². The Hall–Kier alpha value is -1.21. The number of hydrogen-bond donors (Lipinski definition) is 1. The number of para-hydroxylation sites is 1. The minimum atomic E-state index is -2.50. The summed E-state index contributed by atoms with van der Waals surface area (Å²) in [6.45, 7) is 4.00. The average molecular weight is 380 g/mol. The standard InChI is InChI=1S/C16H19F2N3O.2ClH/c1-11(22)21-10-13(12-4-2-3-5-14(12)21)15(16(17)18)20-8-6-19-7-9-20;;/h2-5,10,15-16,19H,6-9H2,1H3;2*1H/t15-;;/m1../s1. The van der Waals surface area contributed by atoms with Gasteiger partial charge in [-0.2, -0.15) is 0 Å². The van der Waals surface area contributed by atoms with Crippen LogP contribution < -0.4 is 5.32 Å². The Labute approximate surface area is 152 Å². The van der Waals surface area contributed by atoms with Gasteiger partial charge in [0, 0.05) is 50.2 Å². The predicted octanol–water partition coefficient (Wildman–Crippen LogP) is 3.36. The predicted molar refractivity (Wildman–Crippen MR) is 95.9 cm³/mol. The molecule has 4 nitrogen and oxygen atoms in total. The summed E-state index contributed by atoms with van der Waals surface area (Å²) in [5.74, 6) is -0.171. The van der Waals surface area contributed by atoms with Gasteiger partial charge in [0.05, 0.1) is 11.6 Å². The largest absolute Gasteiger partial charge is 0.314 e. The number of hydrogen-bond acceptors (Lipinski definition) is 3. The Morgan fingerprint density at radius 2 is 1.79 bits per heavy atom. The van der Waals surface area contributed by atoms with Crippen LogP contribution in [0.4, 0.5) is 8.78 Å². The van der Waals surface area contributed by atoms with E-state index in [1.54, 1.807) is 17.2 Å². The Balaban J connectivity index is 0.00000144. The highest BCUT2D eigenvalue weighted by molar-refractivity contribution is 5.93. The second-order valence-corrected chi connectivity index (χ2v) is 5.56. The van der Waals surface area contributed by atoms with Crippen molar-refractivity contribution in [3.63, 3.8) is 0 Å². The first-order valence-corrected chi connectivity index (χ1v) is 7.43. The van der Waals surface area contributed by atoms with Crippen molar-refractivity contribution in [2.75, 3.05) is 26.2 Å². The number of rotatable bonds is 3. The monoisotopic (exact) mass is 379 g/mol. The van der Waals surface area contributed by atoms with E-state index in [1.807, 2.05) is 18.2 Å². The number of fused-ring (bicyclic) bond motifs is 1. The molecule has 1 fully saturated rings. The Morgan fingerprint density at radius 1 is 1.17 bits per heavy atom. The molecule has 1 atom stereocenters. The number of nitrogens with zero attached hydrogens (tertiary/aromatic N) is 2. The van der Waals surface area contributed by atoms with E-state index in [9.17, 15) is 13.6 Å². The molecule has 1 aliphatic rings. The fraction of sp³-hybridized carbons (Fsp3) is 0.438. The van der Waals surface area contributed by atoms with Gasteiger partial charge < -0.3 is 5.32 Å². The molecular formula is C16H21Cl2F2N3O. The lowest BCUT2D eigenvalue weighted by molar-refractivity contribution is 0.0188. The Bertz CT molecular complexity index is 687. The second kappa shape index (κ2) is 8.76. The van der Waals surface area contributed by atoms with E-state index < -0.39 is 12.5 Å². The molecule has 0 spiro atoms. The molecule has 0 radical (unpaired) electrons. The zero-order valence-electron chi connectivity index (χ0n) is 13.2. The number of benzene rings is 1. The molecule has 3 rings (SSSR count). The molecule has 134 valence electrons. The summed E-state index contributed by atoms with van der Waals surface area (Å²) in [6.07, 6.45) is -0.921. The maximum atomic E-state index is 13.8. The topological polar surface area (TPSA) is 37.3 Å². The van der Waals surface area contributed by atoms with Crippen LogP contribution in [0.2, 0.25) is 0 Å². The van der Waals surface area contributed by atoms with E-state index in [1.165, 1.54) is 11.5 Å². The molecule has 1 aromatic heterocycles. The van der Waals surface area contributed by atoms with E-state index in [4.69, 9.17) is 0 Å². The number of carbonyl (C=O) groups excluding carboxylic acids is 1. The first kappa shape index (κ1) is 20.8. The number of alkyl halides is 2. The number of halogens is 4. The van der Waals surface area contributed by atoms with Crippen molar-refractivity contribution in [1.82, 2.24) is 14.8 Å². The third-order valence-corrected chi connectivity index (χ3v) is 4.18. The summed E-state index contributed by atoms with van der Waals surface area (Å²) in [6, 6.07) is 6.25. The molecule has 0 aliphatic carbocycles. The van der Waals surface area contributed by atoms with Crippen LogP contribution in [0.25, 0.3) is 10.9 Å². The minimum Gasteiger partial charge on any atom is -0.314 e. The van der Waals surface area contributed by atoms with Gasteiger partial charge in [0.15, 0.2) is 0 Å². The number of nitrogens with one attached hydrogen (secondary N) is 1. The van der Waals surface area contributed by atoms with Gasteiger partial charge in [-0.3, -0.25) is 14.3 Å². The van der Waals surface area contributed by atoms with Crippen LogP contribution in [0.3, 0.4) is 0 Å². The SMILES string of the molecule is CC(=O)n1cc([C@H](C(F)F)N2CCNCC2)c2ccccc21.Cl.Cl. The molecule has 0 unspecified atom stereocenters. The van der Waals surface area contributed by atoms with Crippen LogP contribution >= 0.6 is 24.8 Å². The van der Waals surface area contributed by atoms with Gasteiger partial charge in [0.2, 0.25) is 5.91 Å². The maximum absolute atomic E-state index is 13.8. The first-order valence-electron chi connectivity index (χ1n) is 7.43. The lowest BCUT2D eigenvalue weighted by atomic mass is 10.0. The molecule has 1 saturated heterocycles. The third kappa shape index (κ3) is 3.88. The van der Waals surface area contributed by atoms with Crippen molar-refractivity contribution in [3.05, 3.63) is 36.0 Å². The van der Waals surface area contributed by atoms with Crippen LogP contribution in [0.15, 0.2) is 30.5 Å². The molecule has 1 aromatic carbocycles. The van der Waals surface area contributed by atoms with Crippen LogP contribution in [-0.4, -0.2) is 48.0 Å². The molecule has 2 aromatic rings. The first-order chi connectivity index (χ1) is 10.6. The van der Waals surface area contributed by atoms with Gasteiger partial charge >= 0.3 is 0 Å². The van der Waals surface area contributed by atoms with Crippen molar-refractivity contribution in [2.24, 2.45) is 0 Å². The van der Waals surface area contributed by atoms with E-state index in [0.717, 1.165) is 5.39 Å². The van der Waals surface area contributed by atoms with Gasteiger partial charge in [-0.05, 0) is 6.07 Å². The highest BCUT2D eigenvalue weighted by Crippen LogP contribution is 2.34. The number of piperazine rings is 1. The molecule has 0 bridgehead atoms. The van der Waals surface area contributed by atoms with Gasteiger partial charge in [-0.25, -0.2) is 8.78 Å². The molecule has 0 amide bonds. The molecule has 1 N–H and O–H groups in total. The maximum Gasteiger partial charge on any atom is 0.258 e. The van der Waals surface area contributed by atoms with Crippen LogP contribution in [-0.2, 0) is 0 Å². The zero-order valence-corrected chi connectivity index (χ0v) is 14.9. The third-order valence-electron chi connectivity index (χ3n) is 4.18. The summed E-state index contributed by atoms with van der Waals surface area (Å²) in [4.78, 5) is 13.6. The van der Waals surface area contributed by atoms with Crippen LogP contribution in [0.5, 0.6) is 0 Å². The Morgan fingerprint density at radius 3 is 2.38 bits per heavy atom. The summed E-state index contributed by atoms with van der Waals surface area (Å²) in [5.41, 5.74) is 1.22. The van der Waals surface area contributed by atoms with Crippen LogP contribution in [0.1, 0.15) is 23.3 Å². The summed E-state index contributed by atoms with van der Waals surface area (Å²) in [7, 11) is 0. The van der Waals surface area contributed by atoms with E-state index >= 15 is 0 Å². The van der Waals surface area contributed by atoms with Crippen molar-refractivity contribution in [2.45, 2.75) is 19.4 Å². The van der Waals surface area contributed by atoms with E-state index in [-0.39, 0.29) is 30.7 Å². The highest BCUT2D eigenvalue weighted by atomic mass is 35.5. The molecular weight excluding hydrogens is 359 g/mol. The Kier molecular flexibility index (Phi) is 7.60. The van der Waals surface area contributed by atoms with E-state index in [0.29, 0.717) is 37.3 Å². The molecule has 24 heavy (non-hydrogen) atoms. The lowest BCUT2D eigenvalue weighted by Gasteiger charge is -2.34. The van der Waals surface area contributed by atoms with Crippen molar-refractivity contribution in [1.29, 1.82) is 0 Å². The summed E-state index contributed by atoms with van der Waals surface area (Å²) in [5, 5.41) is 3.90. The van der Waals surface area contributed by atoms with Gasteiger partial charge in [0.25, 0.3) is 6.43 Å². The zero-order chi connectivity index (χ0) is 15.7. The van der Waals surface area contributed by atoms with Gasteiger partial charge in [0.1, 0.15) is 0 Å². The fourth-order valence-electron chi connectivity index (χ4n) is 3.15. The van der Waals surface area contributed by atoms with Crippen molar-refractivity contribution < 1.29 is 13.6 Å². The summed E-state index contributed by atoms with van der Waals surface area (Å²) >= 11 is 0. The van der Waals surface area contributed by atoms with Crippen LogP contribution in [0, 0.1) is 0 Å². The van der Waals surface area contributed by atoms with Crippen molar-refractivity contribution >= 4 is 41.6 Å². The molecule has 8 heteroatoms. The molecule has 2 heterocycles. The molecule has 1 aliphatic heterocycles. The smallest absolute Gasteiger partial charge is 0.258 e.